The summed E-state index contributed by atoms with van der Waals surface area (Å²) in [5, 5.41) is 3.47. The van der Waals surface area contributed by atoms with Crippen molar-refractivity contribution in [1.29, 1.82) is 0 Å². The Morgan fingerprint density at radius 3 is 2.50 bits per heavy atom. The van der Waals surface area contributed by atoms with E-state index in [1.165, 1.54) is 18.2 Å². The fourth-order valence-corrected chi connectivity index (χ4v) is 2.98. The maximum Gasteiger partial charge on any atom is 0.387 e. The summed E-state index contributed by atoms with van der Waals surface area (Å²) in [6.07, 6.45) is 0. The molecule has 2 aromatic rings. The van der Waals surface area contributed by atoms with E-state index in [2.05, 4.69) is 10.1 Å². The van der Waals surface area contributed by atoms with E-state index in [0.717, 1.165) is 5.56 Å². The molecule has 0 fully saturated rings. The zero-order valence-corrected chi connectivity index (χ0v) is 16.7. The number of hydrogen-bond acceptors (Lipinski definition) is 4. The third-order valence-corrected chi connectivity index (χ3v) is 4.41. The number of amides is 1. The lowest BCUT2D eigenvalue weighted by molar-refractivity contribution is -0.0514. The van der Waals surface area contributed by atoms with E-state index < -0.39 is 6.61 Å². The van der Waals surface area contributed by atoms with E-state index in [1.807, 2.05) is 37.2 Å². The summed E-state index contributed by atoms with van der Waals surface area (Å²) in [6, 6.07) is 11.4. The number of ether oxygens (including phenoxy) is 2. The van der Waals surface area contributed by atoms with Gasteiger partial charge in [0.15, 0.2) is 11.5 Å². The van der Waals surface area contributed by atoms with Gasteiger partial charge >= 0.3 is 6.61 Å². The summed E-state index contributed by atoms with van der Waals surface area (Å²) in [7, 11) is 3.79. The first-order valence-electron chi connectivity index (χ1n) is 8.74. The Hall–Kier alpha value is -2.38. The third kappa shape index (κ3) is 5.81. The number of carbonyl (C=O) groups is 1. The van der Waals surface area contributed by atoms with Gasteiger partial charge < -0.3 is 19.7 Å². The highest BCUT2D eigenvalue weighted by molar-refractivity contribution is 6.31. The second kappa shape index (κ2) is 10.2. The maximum absolute atomic E-state index is 12.6. The van der Waals surface area contributed by atoms with Gasteiger partial charge in [0.2, 0.25) is 0 Å². The van der Waals surface area contributed by atoms with Gasteiger partial charge in [0, 0.05) is 17.1 Å². The number of nitrogens with zero attached hydrogens (tertiary/aromatic N) is 1. The van der Waals surface area contributed by atoms with Gasteiger partial charge in [-0.2, -0.15) is 8.78 Å². The number of nitrogens with one attached hydrogen (secondary N) is 1. The van der Waals surface area contributed by atoms with Gasteiger partial charge in [-0.3, -0.25) is 4.79 Å². The zero-order chi connectivity index (χ0) is 20.7. The standard InChI is InChI=1S/C20H23ClF2N2O3/c1-4-27-18-11-13(9-10-17(18)28-20(22)23)19(26)24-12-16(25(2)3)14-7-5-6-8-15(14)21/h5-11,16,20H,4,12H2,1-3H3,(H,24,26). The molecule has 0 aromatic heterocycles. The summed E-state index contributed by atoms with van der Waals surface area (Å²) in [5.41, 5.74) is 1.17. The molecule has 1 amide bonds. The molecular weight excluding hydrogens is 390 g/mol. The normalized spacial score (nSPS) is 12.1. The number of benzene rings is 2. The lowest BCUT2D eigenvalue weighted by Crippen LogP contribution is -2.34. The molecule has 2 rings (SSSR count). The largest absolute Gasteiger partial charge is 0.490 e. The average Bonchev–Trinajstić information content (AvgIpc) is 2.64. The van der Waals surface area contributed by atoms with Crippen molar-refractivity contribution in [1.82, 2.24) is 10.2 Å². The lowest BCUT2D eigenvalue weighted by Gasteiger charge is -2.26. The zero-order valence-electron chi connectivity index (χ0n) is 15.9. The van der Waals surface area contributed by atoms with E-state index in [-0.39, 0.29) is 35.6 Å². The number of halogens is 3. The second-order valence-corrected chi connectivity index (χ2v) is 6.59. The van der Waals surface area contributed by atoms with Crippen LogP contribution in [0.1, 0.15) is 28.9 Å². The molecule has 28 heavy (non-hydrogen) atoms. The Bertz CT molecular complexity index is 803. The highest BCUT2D eigenvalue weighted by Gasteiger charge is 2.19. The van der Waals surface area contributed by atoms with Crippen LogP contribution >= 0.6 is 11.6 Å². The monoisotopic (exact) mass is 412 g/mol. The number of alkyl halides is 2. The minimum Gasteiger partial charge on any atom is -0.490 e. The molecule has 8 heteroatoms. The minimum absolute atomic E-state index is 0.0886. The topological polar surface area (TPSA) is 50.8 Å². The van der Waals surface area contributed by atoms with E-state index >= 15 is 0 Å². The minimum atomic E-state index is -2.98. The van der Waals surface area contributed by atoms with Crippen molar-refractivity contribution >= 4 is 17.5 Å². The molecule has 0 heterocycles. The molecule has 0 radical (unpaired) electrons. The van der Waals surface area contributed by atoms with Gasteiger partial charge in [-0.15, -0.1) is 0 Å². The Morgan fingerprint density at radius 2 is 1.89 bits per heavy atom. The van der Waals surface area contributed by atoms with Crippen LogP contribution in [0.4, 0.5) is 8.78 Å². The summed E-state index contributed by atoms with van der Waals surface area (Å²) in [4.78, 5) is 14.5. The molecule has 2 aromatic carbocycles. The molecule has 0 spiro atoms. The van der Waals surface area contributed by atoms with Crippen molar-refractivity contribution < 1.29 is 23.0 Å². The second-order valence-electron chi connectivity index (χ2n) is 6.18. The predicted molar refractivity (Wildman–Crippen MR) is 104 cm³/mol. The number of rotatable bonds is 9. The highest BCUT2D eigenvalue weighted by atomic mass is 35.5. The quantitative estimate of drug-likeness (QED) is 0.664. The first-order chi connectivity index (χ1) is 13.3. The fourth-order valence-electron chi connectivity index (χ4n) is 2.72. The van der Waals surface area contributed by atoms with Crippen molar-refractivity contribution in [3.8, 4) is 11.5 Å². The molecule has 0 saturated carbocycles. The van der Waals surface area contributed by atoms with Gasteiger partial charge in [0.25, 0.3) is 5.91 Å². The summed E-state index contributed by atoms with van der Waals surface area (Å²) < 4.78 is 34.7. The van der Waals surface area contributed by atoms with Crippen molar-refractivity contribution in [3.05, 3.63) is 58.6 Å². The van der Waals surface area contributed by atoms with Crippen molar-refractivity contribution in [2.45, 2.75) is 19.6 Å². The van der Waals surface area contributed by atoms with E-state index in [9.17, 15) is 13.6 Å². The van der Waals surface area contributed by atoms with Crippen LogP contribution in [0.2, 0.25) is 5.02 Å². The number of carbonyl (C=O) groups excluding carboxylic acids is 1. The van der Waals surface area contributed by atoms with Crippen LogP contribution in [0.3, 0.4) is 0 Å². The fraction of sp³-hybridized carbons (Fsp3) is 0.350. The lowest BCUT2D eigenvalue weighted by atomic mass is 10.1. The Balaban J connectivity index is 2.15. The SMILES string of the molecule is CCOc1cc(C(=O)NCC(c2ccccc2Cl)N(C)C)ccc1OC(F)F. The predicted octanol–water partition coefficient (Wildman–Crippen LogP) is 4.37. The molecule has 152 valence electrons. The van der Waals surface area contributed by atoms with Crippen LogP contribution in [0, 0.1) is 0 Å². The maximum atomic E-state index is 12.6. The van der Waals surface area contributed by atoms with Crippen LogP contribution in [0.15, 0.2) is 42.5 Å². The molecule has 0 bridgehead atoms. The molecule has 1 N–H and O–H groups in total. The molecular formula is C20H23ClF2N2O3. The molecule has 1 unspecified atom stereocenters. The van der Waals surface area contributed by atoms with Crippen molar-refractivity contribution in [2.24, 2.45) is 0 Å². The molecule has 1 atom stereocenters. The number of likely N-dealkylation sites (N-methyl/N-ethyl adjacent to an activating group) is 1. The van der Waals surface area contributed by atoms with E-state index in [0.29, 0.717) is 11.6 Å². The summed E-state index contributed by atoms with van der Waals surface area (Å²) in [6.45, 7) is -0.700. The van der Waals surface area contributed by atoms with Crippen LogP contribution in [-0.2, 0) is 0 Å². The smallest absolute Gasteiger partial charge is 0.387 e. The Labute approximate surface area is 168 Å². The average molecular weight is 413 g/mol. The Kier molecular flexibility index (Phi) is 8.02. The van der Waals surface area contributed by atoms with Gasteiger partial charge in [0.1, 0.15) is 0 Å². The van der Waals surface area contributed by atoms with Crippen LogP contribution in [0.5, 0.6) is 11.5 Å². The number of hydrogen-bond donors (Lipinski definition) is 1. The van der Waals surface area contributed by atoms with Gasteiger partial charge in [-0.1, -0.05) is 29.8 Å². The first-order valence-corrected chi connectivity index (χ1v) is 9.12. The van der Waals surface area contributed by atoms with Crippen molar-refractivity contribution in [2.75, 3.05) is 27.2 Å². The summed E-state index contributed by atoms with van der Waals surface area (Å²) >= 11 is 6.28. The molecule has 0 aliphatic rings. The van der Waals surface area contributed by atoms with Gasteiger partial charge in [0.05, 0.1) is 12.6 Å². The van der Waals surface area contributed by atoms with Crippen LogP contribution < -0.4 is 14.8 Å². The first kappa shape index (κ1) is 21.9. The summed E-state index contributed by atoms with van der Waals surface area (Å²) in [5.74, 6) is -0.384. The Morgan fingerprint density at radius 1 is 1.18 bits per heavy atom. The van der Waals surface area contributed by atoms with Gasteiger partial charge in [-0.05, 0) is 50.8 Å². The third-order valence-electron chi connectivity index (χ3n) is 4.07. The molecule has 0 aliphatic heterocycles. The van der Waals surface area contributed by atoms with E-state index in [1.54, 1.807) is 13.0 Å². The van der Waals surface area contributed by atoms with Crippen LogP contribution in [0.25, 0.3) is 0 Å². The van der Waals surface area contributed by atoms with Crippen molar-refractivity contribution in [3.63, 3.8) is 0 Å². The molecule has 0 aliphatic carbocycles. The highest BCUT2D eigenvalue weighted by Crippen LogP contribution is 2.30. The molecule has 5 nitrogen and oxygen atoms in total. The van der Waals surface area contributed by atoms with E-state index in [4.69, 9.17) is 16.3 Å². The van der Waals surface area contributed by atoms with Gasteiger partial charge in [-0.25, -0.2) is 0 Å². The van der Waals surface area contributed by atoms with Crippen LogP contribution in [-0.4, -0.2) is 44.7 Å². The molecule has 0 saturated heterocycles.